The van der Waals surface area contributed by atoms with Crippen molar-refractivity contribution >= 4 is 5.69 Å². The largest absolute Gasteiger partial charge is 0.439 e. The third-order valence-corrected chi connectivity index (χ3v) is 2.59. The summed E-state index contributed by atoms with van der Waals surface area (Å²) in [6, 6.07) is 5.72. The maximum Gasteiger partial charge on any atom is 0.435 e. The molecule has 2 rings (SSSR count). The molecule has 0 aliphatic carbocycles. The van der Waals surface area contributed by atoms with Crippen LogP contribution in [-0.2, 0) is 13.2 Å². The van der Waals surface area contributed by atoms with Gasteiger partial charge in [0.25, 0.3) is 0 Å². The lowest BCUT2D eigenvalue weighted by molar-refractivity contribution is -0.141. The molecule has 0 bridgehead atoms. The second-order valence-electron chi connectivity index (χ2n) is 4.11. The molecule has 0 atom stereocenters. The first-order valence-corrected chi connectivity index (χ1v) is 5.42. The summed E-state index contributed by atoms with van der Waals surface area (Å²) in [5.74, 6) is 0.417. The van der Waals surface area contributed by atoms with E-state index in [1.165, 1.54) is 7.05 Å². The predicted octanol–water partition coefficient (Wildman–Crippen LogP) is 3.12. The van der Waals surface area contributed by atoms with Gasteiger partial charge in [-0.05, 0) is 30.7 Å². The van der Waals surface area contributed by atoms with E-state index in [4.69, 9.17) is 10.5 Å². The average molecular weight is 271 g/mol. The molecule has 1 aromatic heterocycles. The van der Waals surface area contributed by atoms with Gasteiger partial charge in [0.2, 0.25) is 5.88 Å². The van der Waals surface area contributed by atoms with E-state index in [1.54, 1.807) is 25.1 Å². The summed E-state index contributed by atoms with van der Waals surface area (Å²) in [7, 11) is 1.38. The topological polar surface area (TPSA) is 53.1 Å². The van der Waals surface area contributed by atoms with Crippen molar-refractivity contribution in [3.05, 3.63) is 35.5 Å². The van der Waals surface area contributed by atoms with Gasteiger partial charge in [0.15, 0.2) is 5.69 Å². The summed E-state index contributed by atoms with van der Waals surface area (Å²) in [6.45, 7) is 1.78. The maximum absolute atomic E-state index is 12.5. The molecule has 0 spiro atoms. The van der Waals surface area contributed by atoms with Gasteiger partial charge in [-0.2, -0.15) is 18.3 Å². The minimum Gasteiger partial charge on any atom is -0.439 e. The average Bonchev–Trinajstić information content (AvgIpc) is 2.65. The number of alkyl halides is 3. The highest BCUT2D eigenvalue weighted by Crippen LogP contribution is 2.32. The molecule has 0 saturated heterocycles. The van der Waals surface area contributed by atoms with Crippen molar-refractivity contribution in [2.75, 3.05) is 5.73 Å². The Morgan fingerprint density at radius 3 is 2.47 bits per heavy atom. The van der Waals surface area contributed by atoms with Gasteiger partial charge in [-0.15, -0.1) is 0 Å². The van der Waals surface area contributed by atoms with Crippen molar-refractivity contribution in [1.29, 1.82) is 0 Å². The van der Waals surface area contributed by atoms with Gasteiger partial charge in [-0.1, -0.05) is 0 Å². The van der Waals surface area contributed by atoms with Crippen LogP contribution in [0, 0.1) is 6.92 Å². The van der Waals surface area contributed by atoms with Gasteiger partial charge in [0.05, 0.1) is 0 Å². The number of benzene rings is 1. The summed E-state index contributed by atoms with van der Waals surface area (Å²) in [6.07, 6.45) is -4.49. The Kier molecular flexibility index (Phi) is 3.13. The van der Waals surface area contributed by atoms with Crippen LogP contribution < -0.4 is 10.5 Å². The number of halogens is 3. The van der Waals surface area contributed by atoms with E-state index in [2.05, 4.69) is 5.10 Å². The molecule has 102 valence electrons. The van der Waals surface area contributed by atoms with Gasteiger partial charge in [-0.25, -0.2) is 4.68 Å². The van der Waals surface area contributed by atoms with Crippen LogP contribution in [0.25, 0.3) is 0 Å². The molecule has 19 heavy (non-hydrogen) atoms. The Morgan fingerprint density at radius 1 is 1.26 bits per heavy atom. The number of nitrogen functional groups attached to an aromatic ring is 1. The first-order chi connectivity index (χ1) is 8.77. The number of hydrogen-bond donors (Lipinski definition) is 1. The molecule has 2 N–H and O–H groups in total. The van der Waals surface area contributed by atoms with Crippen LogP contribution in [0.4, 0.5) is 18.9 Å². The van der Waals surface area contributed by atoms with Crippen molar-refractivity contribution in [2.45, 2.75) is 13.1 Å². The first-order valence-electron chi connectivity index (χ1n) is 5.42. The highest BCUT2D eigenvalue weighted by molar-refractivity contribution is 5.50. The van der Waals surface area contributed by atoms with E-state index >= 15 is 0 Å². The molecule has 7 heteroatoms. The Hall–Kier alpha value is -2.18. The van der Waals surface area contributed by atoms with Gasteiger partial charge in [-0.3, -0.25) is 0 Å². The zero-order valence-electron chi connectivity index (χ0n) is 10.3. The third kappa shape index (κ3) is 2.81. The number of nitrogens with two attached hydrogens (primary N) is 1. The van der Waals surface area contributed by atoms with E-state index in [9.17, 15) is 13.2 Å². The summed E-state index contributed by atoms with van der Waals surface area (Å²) < 4.78 is 43.9. The van der Waals surface area contributed by atoms with Crippen LogP contribution in [0.5, 0.6) is 11.6 Å². The molecule has 0 radical (unpaired) electrons. The zero-order chi connectivity index (χ0) is 14.2. The minimum atomic E-state index is -4.49. The number of nitrogens with zero attached hydrogens (tertiary/aromatic N) is 2. The van der Waals surface area contributed by atoms with Crippen molar-refractivity contribution in [2.24, 2.45) is 7.05 Å². The summed E-state index contributed by atoms with van der Waals surface area (Å²) in [5.41, 5.74) is 6.04. The van der Waals surface area contributed by atoms with Crippen molar-refractivity contribution in [1.82, 2.24) is 9.78 Å². The molecular weight excluding hydrogens is 259 g/mol. The SMILES string of the molecule is Cc1cc(Oc2cc(C(F)(F)F)nn2C)ccc1N. The smallest absolute Gasteiger partial charge is 0.435 e. The fraction of sp³-hybridized carbons (Fsp3) is 0.250. The van der Waals surface area contributed by atoms with E-state index in [-0.39, 0.29) is 5.88 Å². The van der Waals surface area contributed by atoms with Crippen molar-refractivity contribution < 1.29 is 17.9 Å². The number of rotatable bonds is 2. The molecule has 2 aromatic rings. The highest BCUT2D eigenvalue weighted by atomic mass is 19.4. The Balaban J connectivity index is 2.28. The molecule has 4 nitrogen and oxygen atoms in total. The Bertz CT molecular complexity index is 605. The zero-order valence-corrected chi connectivity index (χ0v) is 10.3. The number of ether oxygens (including phenoxy) is 1. The maximum atomic E-state index is 12.5. The fourth-order valence-corrected chi connectivity index (χ4v) is 1.52. The van der Waals surface area contributed by atoms with Crippen molar-refractivity contribution in [3.63, 3.8) is 0 Å². The van der Waals surface area contributed by atoms with Crippen LogP contribution in [0.1, 0.15) is 11.3 Å². The second-order valence-corrected chi connectivity index (χ2v) is 4.11. The number of anilines is 1. The Labute approximate surface area is 107 Å². The Morgan fingerprint density at radius 2 is 1.95 bits per heavy atom. The fourth-order valence-electron chi connectivity index (χ4n) is 1.52. The lowest BCUT2D eigenvalue weighted by Gasteiger charge is -2.07. The van der Waals surface area contributed by atoms with E-state index in [1.807, 2.05) is 0 Å². The number of aromatic nitrogens is 2. The van der Waals surface area contributed by atoms with Crippen LogP contribution >= 0.6 is 0 Å². The molecule has 1 heterocycles. The normalized spacial score (nSPS) is 11.6. The monoisotopic (exact) mass is 271 g/mol. The quantitative estimate of drug-likeness (QED) is 0.854. The van der Waals surface area contributed by atoms with Crippen molar-refractivity contribution in [3.8, 4) is 11.6 Å². The molecule has 0 aliphatic heterocycles. The lowest BCUT2D eigenvalue weighted by atomic mass is 10.2. The van der Waals surface area contributed by atoms with Crippen LogP contribution in [0.15, 0.2) is 24.3 Å². The molecule has 0 amide bonds. The molecule has 1 aromatic carbocycles. The van der Waals surface area contributed by atoms with Crippen LogP contribution in [0.3, 0.4) is 0 Å². The predicted molar refractivity (Wildman–Crippen MR) is 63.9 cm³/mol. The van der Waals surface area contributed by atoms with Gasteiger partial charge in [0, 0.05) is 18.8 Å². The van der Waals surface area contributed by atoms with Gasteiger partial charge >= 0.3 is 6.18 Å². The molecule has 0 unspecified atom stereocenters. The van der Waals surface area contributed by atoms with Gasteiger partial charge in [0.1, 0.15) is 5.75 Å². The van der Waals surface area contributed by atoms with Crippen LogP contribution in [-0.4, -0.2) is 9.78 Å². The summed E-state index contributed by atoms with van der Waals surface area (Å²) in [4.78, 5) is 0. The van der Waals surface area contributed by atoms with Crippen LogP contribution in [0.2, 0.25) is 0 Å². The third-order valence-electron chi connectivity index (χ3n) is 2.59. The van der Waals surface area contributed by atoms with E-state index in [0.29, 0.717) is 11.4 Å². The van der Waals surface area contributed by atoms with E-state index in [0.717, 1.165) is 16.3 Å². The molecule has 0 saturated carbocycles. The molecular formula is C12H12F3N3O. The minimum absolute atomic E-state index is 0.0106. The number of aryl methyl sites for hydroxylation is 2. The molecule has 0 aliphatic rings. The second kappa shape index (κ2) is 4.49. The summed E-state index contributed by atoms with van der Waals surface area (Å²) >= 11 is 0. The summed E-state index contributed by atoms with van der Waals surface area (Å²) in [5, 5.41) is 3.36. The van der Waals surface area contributed by atoms with E-state index < -0.39 is 11.9 Å². The highest BCUT2D eigenvalue weighted by Gasteiger charge is 2.35. The standard InChI is InChI=1S/C12H12F3N3O/c1-7-5-8(3-4-9(7)16)19-11-6-10(12(13,14)15)17-18(11)2/h3-6H,16H2,1-2H3. The number of hydrogen-bond acceptors (Lipinski definition) is 3. The lowest BCUT2D eigenvalue weighted by Crippen LogP contribution is -2.06. The van der Waals surface area contributed by atoms with Gasteiger partial charge < -0.3 is 10.5 Å². The first kappa shape index (κ1) is 13.3. The molecule has 0 fully saturated rings.